The number of H-pyrrole nitrogens is 1. The van der Waals surface area contributed by atoms with Crippen LogP contribution in [0.1, 0.15) is 19.0 Å². The number of amides is 3. The van der Waals surface area contributed by atoms with Gasteiger partial charge in [0.05, 0.1) is 19.0 Å². The largest absolute Gasteiger partial charge is 0.480 e. The Morgan fingerprint density at radius 1 is 1.20 bits per heavy atom. The summed E-state index contributed by atoms with van der Waals surface area (Å²) in [6, 6.07) is -3.65. The molecule has 0 saturated heterocycles. The smallest absolute Gasteiger partial charge is 0.326 e. The summed E-state index contributed by atoms with van der Waals surface area (Å²) in [6.07, 6.45) is 3.60. The molecule has 30 heavy (non-hydrogen) atoms. The fourth-order valence-corrected chi connectivity index (χ4v) is 2.96. The van der Waals surface area contributed by atoms with Gasteiger partial charge in [-0.05, 0) is 25.4 Å². The Balaban J connectivity index is 2.98. The number of aromatic amines is 1. The van der Waals surface area contributed by atoms with E-state index < -0.39 is 47.9 Å². The molecule has 0 saturated carbocycles. The summed E-state index contributed by atoms with van der Waals surface area (Å²) in [7, 11) is 0. The average Bonchev–Trinajstić information content (AvgIpc) is 3.20. The molecule has 0 aliphatic carbocycles. The van der Waals surface area contributed by atoms with Gasteiger partial charge in [0.25, 0.3) is 0 Å². The topological polar surface area (TPSA) is 200 Å². The zero-order chi connectivity index (χ0) is 22.7. The van der Waals surface area contributed by atoms with Gasteiger partial charge in [-0.2, -0.15) is 11.8 Å². The van der Waals surface area contributed by atoms with Gasteiger partial charge in [0, 0.05) is 18.3 Å². The predicted molar refractivity (Wildman–Crippen MR) is 109 cm³/mol. The van der Waals surface area contributed by atoms with E-state index in [0.29, 0.717) is 11.4 Å². The molecule has 13 heteroatoms. The number of thioether (sulfide) groups is 1. The molecule has 8 N–H and O–H groups in total. The number of nitrogens with one attached hydrogen (secondary N) is 4. The maximum atomic E-state index is 12.8. The van der Waals surface area contributed by atoms with Crippen molar-refractivity contribution in [2.75, 3.05) is 18.6 Å². The fraction of sp³-hybridized carbons (Fsp3) is 0.588. The van der Waals surface area contributed by atoms with E-state index in [1.54, 1.807) is 0 Å². The van der Waals surface area contributed by atoms with Crippen LogP contribution < -0.4 is 21.7 Å². The number of carboxylic acids is 1. The van der Waals surface area contributed by atoms with E-state index >= 15 is 0 Å². The fourth-order valence-electron chi connectivity index (χ4n) is 2.49. The monoisotopic (exact) mass is 444 g/mol. The van der Waals surface area contributed by atoms with Gasteiger partial charge in [-0.15, -0.1) is 0 Å². The van der Waals surface area contributed by atoms with Gasteiger partial charge in [0.15, 0.2) is 0 Å². The molecule has 1 rings (SSSR count). The Labute approximate surface area is 177 Å². The molecule has 0 aliphatic heterocycles. The number of nitrogens with two attached hydrogens (primary N) is 1. The van der Waals surface area contributed by atoms with Gasteiger partial charge in [-0.1, -0.05) is 0 Å². The lowest BCUT2D eigenvalue weighted by molar-refractivity contribution is -0.142. The molecular formula is C17H28N6O6S. The molecule has 1 aromatic rings. The summed E-state index contributed by atoms with van der Waals surface area (Å²) < 4.78 is 0. The second kappa shape index (κ2) is 12.8. The number of imidazole rings is 1. The summed E-state index contributed by atoms with van der Waals surface area (Å²) in [4.78, 5) is 55.0. The molecule has 0 radical (unpaired) electrons. The van der Waals surface area contributed by atoms with Crippen LogP contribution in [0.3, 0.4) is 0 Å². The van der Waals surface area contributed by atoms with E-state index in [0.717, 1.165) is 0 Å². The van der Waals surface area contributed by atoms with E-state index in [-0.39, 0.29) is 19.4 Å². The highest BCUT2D eigenvalue weighted by atomic mass is 32.2. The van der Waals surface area contributed by atoms with Crippen LogP contribution >= 0.6 is 11.8 Å². The second-order valence-corrected chi connectivity index (χ2v) is 7.50. The van der Waals surface area contributed by atoms with Gasteiger partial charge < -0.3 is 36.9 Å². The van der Waals surface area contributed by atoms with Gasteiger partial charge >= 0.3 is 5.97 Å². The number of nitrogens with zero attached hydrogens (tertiary/aromatic N) is 1. The first-order chi connectivity index (χ1) is 14.2. The maximum absolute atomic E-state index is 12.8. The number of aliphatic hydroxyl groups is 1. The van der Waals surface area contributed by atoms with Crippen molar-refractivity contribution in [1.82, 2.24) is 25.9 Å². The quantitative estimate of drug-likeness (QED) is 0.173. The number of carbonyl (C=O) groups is 4. The summed E-state index contributed by atoms with van der Waals surface area (Å²) in [6.45, 7) is 0.915. The van der Waals surface area contributed by atoms with E-state index in [2.05, 4.69) is 25.9 Å². The first kappa shape index (κ1) is 25.4. The minimum Gasteiger partial charge on any atom is -0.480 e. The summed E-state index contributed by atoms with van der Waals surface area (Å²) in [5.41, 5.74) is 5.75. The lowest BCUT2D eigenvalue weighted by atomic mass is 10.1. The molecule has 0 fully saturated rings. The van der Waals surface area contributed by atoms with Gasteiger partial charge in [0.2, 0.25) is 17.7 Å². The Kier molecular flexibility index (Phi) is 10.9. The van der Waals surface area contributed by atoms with Crippen molar-refractivity contribution in [2.45, 2.75) is 44.0 Å². The lowest BCUT2D eigenvalue weighted by Crippen LogP contribution is -2.59. The number of aliphatic hydroxyl groups excluding tert-OH is 1. The summed E-state index contributed by atoms with van der Waals surface area (Å²) >= 11 is 1.44. The molecule has 0 bridgehead atoms. The third-order valence-electron chi connectivity index (χ3n) is 4.10. The number of hydrogen-bond donors (Lipinski definition) is 7. The molecule has 0 aliphatic rings. The first-order valence-corrected chi connectivity index (χ1v) is 10.6. The molecule has 1 aromatic heterocycles. The molecule has 0 spiro atoms. The molecule has 0 aromatic carbocycles. The zero-order valence-corrected chi connectivity index (χ0v) is 17.6. The van der Waals surface area contributed by atoms with Crippen LogP contribution in [-0.2, 0) is 25.6 Å². The molecule has 168 valence electrons. The molecular weight excluding hydrogens is 416 g/mol. The van der Waals surface area contributed by atoms with Crippen LogP contribution in [0, 0.1) is 0 Å². The van der Waals surface area contributed by atoms with Crippen molar-refractivity contribution >= 4 is 35.5 Å². The zero-order valence-electron chi connectivity index (χ0n) is 16.8. The van der Waals surface area contributed by atoms with E-state index in [4.69, 9.17) is 5.73 Å². The third-order valence-corrected chi connectivity index (χ3v) is 4.75. The van der Waals surface area contributed by atoms with Crippen LogP contribution in [-0.4, -0.2) is 86.7 Å². The van der Waals surface area contributed by atoms with Gasteiger partial charge in [0.1, 0.15) is 18.1 Å². The second-order valence-electron chi connectivity index (χ2n) is 6.51. The maximum Gasteiger partial charge on any atom is 0.326 e. The highest BCUT2D eigenvalue weighted by molar-refractivity contribution is 7.98. The van der Waals surface area contributed by atoms with E-state index in [1.165, 1.54) is 31.2 Å². The number of carbonyl (C=O) groups excluding carboxylic acids is 3. The van der Waals surface area contributed by atoms with E-state index in [9.17, 15) is 29.4 Å². The van der Waals surface area contributed by atoms with Gasteiger partial charge in [-0.25, -0.2) is 9.78 Å². The number of hydrogen-bond acceptors (Lipinski definition) is 8. The molecule has 12 nitrogen and oxygen atoms in total. The standard InChI is InChI=1S/C17H28N6O6S/c1-9(24)14(23-13(25)6-18)16(27)22-12(5-10-7-19-8-20-10)15(26)21-11(17(28)29)3-4-30-2/h7-9,11-12,14,24H,3-6,18H2,1-2H3,(H,19,20)(H,21,26)(H,22,27)(H,23,25)(H,28,29). The first-order valence-electron chi connectivity index (χ1n) is 9.16. The van der Waals surface area contributed by atoms with Crippen LogP contribution in [0.15, 0.2) is 12.5 Å². The summed E-state index contributed by atoms with van der Waals surface area (Å²) in [5, 5.41) is 26.3. The van der Waals surface area contributed by atoms with Crippen molar-refractivity contribution in [3.63, 3.8) is 0 Å². The minimum absolute atomic E-state index is 0.0101. The van der Waals surface area contributed by atoms with Crippen LogP contribution in [0.4, 0.5) is 0 Å². The Morgan fingerprint density at radius 2 is 1.87 bits per heavy atom. The van der Waals surface area contributed by atoms with Crippen molar-refractivity contribution in [3.05, 3.63) is 18.2 Å². The number of aromatic nitrogens is 2. The van der Waals surface area contributed by atoms with Crippen molar-refractivity contribution < 1.29 is 29.4 Å². The van der Waals surface area contributed by atoms with Crippen LogP contribution in [0.5, 0.6) is 0 Å². The molecule has 3 amide bonds. The minimum atomic E-state index is -1.34. The average molecular weight is 445 g/mol. The number of rotatable bonds is 13. The Morgan fingerprint density at radius 3 is 2.37 bits per heavy atom. The Bertz CT molecular complexity index is 714. The number of carboxylic acid groups (broad SMARTS) is 1. The molecule has 1 heterocycles. The van der Waals surface area contributed by atoms with Gasteiger partial charge in [-0.3, -0.25) is 14.4 Å². The highest BCUT2D eigenvalue weighted by Gasteiger charge is 2.31. The van der Waals surface area contributed by atoms with E-state index in [1.807, 2.05) is 6.26 Å². The molecule has 4 atom stereocenters. The van der Waals surface area contributed by atoms with Crippen molar-refractivity contribution in [1.29, 1.82) is 0 Å². The molecule has 4 unspecified atom stereocenters. The normalized spacial score (nSPS) is 14.8. The van der Waals surface area contributed by atoms with Crippen LogP contribution in [0.25, 0.3) is 0 Å². The third kappa shape index (κ3) is 8.39. The van der Waals surface area contributed by atoms with Crippen LogP contribution in [0.2, 0.25) is 0 Å². The van der Waals surface area contributed by atoms with Crippen molar-refractivity contribution in [3.8, 4) is 0 Å². The number of aliphatic carboxylic acids is 1. The van der Waals surface area contributed by atoms with Crippen molar-refractivity contribution in [2.24, 2.45) is 5.73 Å². The Hall–Kier alpha value is -2.64. The predicted octanol–water partition coefficient (Wildman–Crippen LogP) is -2.42. The highest BCUT2D eigenvalue weighted by Crippen LogP contribution is 2.05. The summed E-state index contributed by atoms with van der Waals surface area (Å²) in [5.74, 6) is -2.87. The SMILES string of the molecule is CSCCC(NC(=O)C(Cc1cnc[nH]1)NC(=O)C(NC(=O)CN)C(C)O)C(=O)O. The lowest BCUT2D eigenvalue weighted by Gasteiger charge is -2.25.